The molecule has 0 bridgehead atoms. The standard InChI is InChI=1S/Al.Li.4H2N/h;;4*1H2/q+3;+1;4*-1. The Morgan fingerprint density at radius 1 is 0.500 bits per heavy atom. The molecule has 0 fully saturated rings. The second-order valence-corrected chi connectivity index (χ2v) is 0. The normalized spacial score (nSPS) is 0. The third-order valence-electron chi connectivity index (χ3n) is 0. The third kappa shape index (κ3) is 83.3. The zero-order valence-electron chi connectivity index (χ0n) is 3.89. The largest absolute Gasteiger partial charge is 3.00 e. The van der Waals surface area contributed by atoms with Gasteiger partial charge >= 0.3 is 36.2 Å². The maximum Gasteiger partial charge on any atom is 3.00 e. The van der Waals surface area contributed by atoms with E-state index in [1.807, 2.05) is 0 Å². The van der Waals surface area contributed by atoms with Crippen molar-refractivity contribution in [2.45, 2.75) is 0 Å². The van der Waals surface area contributed by atoms with Crippen LogP contribution in [0.4, 0.5) is 0 Å². The van der Waals surface area contributed by atoms with Gasteiger partial charge in [0.25, 0.3) is 0 Å². The molecule has 0 atom stereocenters. The molecule has 6 heteroatoms. The van der Waals surface area contributed by atoms with Gasteiger partial charge in [0, 0.05) is 0 Å². The molecule has 32 valence electrons. The second kappa shape index (κ2) is 157. The van der Waals surface area contributed by atoms with E-state index in [1.54, 1.807) is 0 Å². The molecule has 0 saturated carbocycles. The molecule has 0 amide bonds. The van der Waals surface area contributed by atoms with Crippen molar-refractivity contribution in [1.29, 1.82) is 0 Å². The molecule has 0 spiro atoms. The third-order valence-corrected chi connectivity index (χ3v) is 0. The Morgan fingerprint density at radius 2 is 0.500 bits per heavy atom. The Labute approximate surface area is 61.1 Å². The van der Waals surface area contributed by atoms with Crippen LogP contribution in [0.5, 0.6) is 0 Å². The quantitative estimate of drug-likeness (QED) is 0.360. The Hall–Kier alpha value is 0.970. The summed E-state index contributed by atoms with van der Waals surface area (Å²) in [6, 6.07) is 0. The van der Waals surface area contributed by atoms with Crippen LogP contribution in [0.15, 0.2) is 0 Å². The summed E-state index contributed by atoms with van der Waals surface area (Å²) in [5.41, 5.74) is 0. The van der Waals surface area contributed by atoms with Crippen molar-refractivity contribution >= 4 is 17.4 Å². The van der Waals surface area contributed by atoms with Crippen molar-refractivity contribution in [3.05, 3.63) is 24.6 Å². The van der Waals surface area contributed by atoms with E-state index in [0.29, 0.717) is 0 Å². The topological polar surface area (TPSA) is 134 Å². The van der Waals surface area contributed by atoms with Crippen LogP contribution < -0.4 is 18.9 Å². The van der Waals surface area contributed by atoms with Gasteiger partial charge in [-0.1, -0.05) is 0 Å². The molecule has 0 aromatic rings. The molecule has 0 rings (SSSR count). The molecular weight excluding hydrogens is 90.0 g/mol. The van der Waals surface area contributed by atoms with Gasteiger partial charge in [0.1, 0.15) is 0 Å². The molecule has 0 heterocycles. The van der Waals surface area contributed by atoms with Crippen molar-refractivity contribution in [2.24, 2.45) is 0 Å². The van der Waals surface area contributed by atoms with E-state index in [9.17, 15) is 0 Å². The fourth-order valence-electron chi connectivity index (χ4n) is 0. The molecular formula is H8AlLiN4. The van der Waals surface area contributed by atoms with Crippen LogP contribution in [0.3, 0.4) is 0 Å². The van der Waals surface area contributed by atoms with E-state index in [4.69, 9.17) is 0 Å². The minimum Gasteiger partial charge on any atom is -0.693 e. The predicted octanol–water partition coefficient (Wildman–Crippen LogP) is -0.508. The first-order valence-electron chi connectivity index (χ1n) is 0. The first-order valence-corrected chi connectivity index (χ1v) is 0. The molecule has 0 unspecified atom stereocenters. The fourth-order valence-corrected chi connectivity index (χ4v) is 0. The van der Waals surface area contributed by atoms with Crippen LogP contribution in [0.2, 0.25) is 0 Å². The van der Waals surface area contributed by atoms with Gasteiger partial charge < -0.3 is 24.6 Å². The molecule has 4 nitrogen and oxygen atoms in total. The van der Waals surface area contributed by atoms with Crippen molar-refractivity contribution in [3.8, 4) is 0 Å². The van der Waals surface area contributed by atoms with E-state index in [-0.39, 0.29) is 60.8 Å². The summed E-state index contributed by atoms with van der Waals surface area (Å²) in [7, 11) is 0. The van der Waals surface area contributed by atoms with Gasteiger partial charge in [0.15, 0.2) is 0 Å². The summed E-state index contributed by atoms with van der Waals surface area (Å²) in [5, 5.41) is 0. The van der Waals surface area contributed by atoms with Crippen molar-refractivity contribution in [2.75, 3.05) is 0 Å². The van der Waals surface area contributed by atoms with Crippen molar-refractivity contribution in [1.82, 2.24) is 0 Å². The average Bonchev–Trinajstić information content (AvgIpc) is 0. The van der Waals surface area contributed by atoms with Gasteiger partial charge in [-0.05, 0) is 0 Å². The fraction of sp³-hybridized carbons (Fsp3) is 0. The molecule has 0 aromatic heterocycles. The van der Waals surface area contributed by atoms with Crippen LogP contribution in [-0.4, -0.2) is 17.4 Å². The zero-order valence-corrected chi connectivity index (χ0v) is 5.04. The van der Waals surface area contributed by atoms with E-state index < -0.39 is 0 Å². The molecule has 6 heavy (non-hydrogen) atoms. The Bertz CT molecular complexity index is 7.51. The molecule has 0 aromatic carbocycles. The zero-order chi connectivity index (χ0) is 0. The molecule has 0 aliphatic heterocycles. The van der Waals surface area contributed by atoms with Gasteiger partial charge in [-0.3, -0.25) is 0 Å². The first-order chi connectivity index (χ1) is 0. The SMILES string of the molecule is [Al+3].[Li+].[NH2-].[NH2-].[NH2-].[NH2-]. The maximum atomic E-state index is 0. The maximum absolute atomic E-state index is 0. The minimum atomic E-state index is 0. The van der Waals surface area contributed by atoms with Gasteiger partial charge in [-0.2, -0.15) is 0 Å². The van der Waals surface area contributed by atoms with Crippen molar-refractivity contribution < 1.29 is 18.9 Å². The Kier molecular flexibility index (Phi) is 6900. The first kappa shape index (κ1) is 264. The Balaban J connectivity index is 0. The van der Waals surface area contributed by atoms with E-state index in [0.717, 1.165) is 0 Å². The monoisotopic (exact) mass is 98.1 g/mol. The van der Waals surface area contributed by atoms with Crippen LogP contribution >= 0.6 is 0 Å². The Morgan fingerprint density at radius 3 is 0.500 bits per heavy atom. The summed E-state index contributed by atoms with van der Waals surface area (Å²) in [6.07, 6.45) is 0. The van der Waals surface area contributed by atoms with Crippen LogP contribution in [0.25, 0.3) is 24.6 Å². The predicted molar refractivity (Wildman–Crippen MR) is 26.9 cm³/mol. The number of hydrogen-bond acceptors (Lipinski definition) is 0. The summed E-state index contributed by atoms with van der Waals surface area (Å²) in [5.74, 6) is 0. The van der Waals surface area contributed by atoms with Crippen LogP contribution in [-0.2, 0) is 0 Å². The number of rotatable bonds is 0. The average molecular weight is 98.0 g/mol. The summed E-state index contributed by atoms with van der Waals surface area (Å²) in [6.45, 7) is 0. The van der Waals surface area contributed by atoms with E-state index in [1.165, 1.54) is 0 Å². The van der Waals surface area contributed by atoms with Gasteiger partial charge in [0.2, 0.25) is 0 Å². The number of hydrogen-bond donors (Lipinski definition) is 0. The molecule has 0 saturated heterocycles. The molecule has 0 radical (unpaired) electrons. The smallest absolute Gasteiger partial charge is 0.693 e. The van der Waals surface area contributed by atoms with E-state index in [2.05, 4.69) is 0 Å². The van der Waals surface area contributed by atoms with Crippen LogP contribution in [0.1, 0.15) is 0 Å². The molecule has 0 aliphatic carbocycles. The van der Waals surface area contributed by atoms with Crippen molar-refractivity contribution in [3.63, 3.8) is 0 Å². The summed E-state index contributed by atoms with van der Waals surface area (Å²) >= 11 is 0. The van der Waals surface area contributed by atoms with Gasteiger partial charge in [0.05, 0.1) is 0 Å². The number of nitrogens with two attached hydrogens (primary N) is 4. The molecule has 8 N–H and O–H groups in total. The summed E-state index contributed by atoms with van der Waals surface area (Å²) in [4.78, 5) is 0. The van der Waals surface area contributed by atoms with Crippen LogP contribution in [0, 0.1) is 0 Å². The summed E-state index contributed by atoms with van der Waals surface area (Å²) < 4.78 is 0. The van der Waals surface area contributed by atoms with Gasteiger partial charge in [-0.15, -0.1) is 0 Å². The second-order valence-electron chi connectivity index (χ2n) is 0. The molecule has 0 aliphatic rings. The minimum absolute atomic E-state index is 0. The van der Waals surface area contributed by atoms with E-state index >= 15 is 0 Å². The van der Waals surface area contributed by atoms with Gasteiger partial charge in [-0.25, -0.2) is 0 Å².